The highest BCUT2D eigenvalue weighted by Gasteiger charge is 2.13. The van der Waals surface area contributed by atoms with Gasteiger partial charge in [-0.25, -0.2) is 0 Å². The maximum atomic E-state index is 3.57. The van der Waals surface area contributed by atoms with E-state index in [-0.39, 0.29) is 0 Å². The highest BCUT2D eigenvalue weighted by Crippen LogP contribution is 2.36. The fourth-order valence-corrected chi connectivity index (χ4v) is 4.37. The number of allylic oxidation sites excluding steroid dienone is 3. The first-order valence-electron chi connectivity index (χ1n) is 12.3. The van der Waals surface area contributed by atoms with Crippen molar-refractivity contribution in [1.29, 1.82) is 0 Å². The summed E-state index contributed by atoms with van der Waals surface area (Å²) in [7, 11) is 2.17. The highest BCUT2D eigenvalue weighted by atomic mass is 14.9. The molecular formula is C32H36N2. The molecule has 1 N–H and O–H groups in total. The van der Waals surface area contributed by atoms with Crippen LogP contribution in [0.15, 0.2) is 97.6 Å². The van der Waals surface area contributed by atoms with E-state index in [2.05, 4.69) is 96.0 Å². The Morgan fingerprint density at radius 3 is 1.91 bits per heavy atom. The number of hydrogen-bond donors (Lipinski definition) is 1. The Bertz CT molecular complexity index is 1580. The molecule has 0 saturated heterocycles. The van der Waals surface area contributed by atoms with Crippen molar-refractivity contribution in [2.24, 2.45) is 7.05 Å². The Hall–Kier alpha value is -3.78. The topological polar surface area (TPSA) is 20.7 Å². The summed E-state index contributed by atoms with van der Waals surface area (Å²) in [6.45, 7) is 13.4. The summed E-state index contributed by atoms with van der Waals surface area (Å²) in [5.41, 5.74) is 4.96. The van der Waals surface area contributed by atoms with Crippen molar-refractivity contribution in [3.63, 3.8) is 0 Å². The van der Waals surface area contributed by atoms with Gasteiger partial charge in [0.2, 0.25) is 0 Å². The Morgan fingerprint density at radius 2 is 1.26 bits per heavy atom. The molecule has 0 unspecified atom stereocenters. The molecule has 2 nitrogen and oxygen atoms in total. The first-order chi connectivity index (χ1) is 16.7. The second kappa shape index (κ2) is 11.4. The van der Waals surface area contributed by atoms with Crippen molar-refractivity contribution in [3.8, 4) is 0 Å². The lowest BCUT2D eigenvalue weighted by Gasteiger charge is -2.00. The fourth-order valence-electron chi connectivity index (χ4n) is 4.37. The van der Waals surface area contributed by atoms with E-state index in [0.29, 0.717) is 0 Å². The summed E-state index contributed by atoms with van der Waals surface area (Å²) in [6, 6.07) is 26.4. The van der Waals surface area contributed by atoms with E-state index < -0.39 is 0 Å². The lowest BCUT2D eigenvalue weighted by Crippen LogP contribution is -1.86. The monoisotopic (exact) mass is 448 g/mol. The van der Waals surface area contributed by atoms with Crippen LogP contribution in [0.4, 0.5) is 0 Å². The number of rotatable bonds is 1. The molecule has 6 aromatic rings. The molecule has 0 atom stereocenters. The SMILES string of the molecule is C=C/C=C\C.CC.CC.Cn1c2cc3ccccc3cc2c2cc3[nH]c4ccccc4c3cc21. The zero-order valence-electron chi connectivity index (χ0n) is 21.3. The second-order valence-corrected chi connectivity index (χ2v) is 7.62. The molecule has 0 saturated carbocycles. The molecule has 0 radical (unpaired) electrons. The maximum Gasteiger partial charge on any atom is 0.0496 e. The third-order valence-electron chi connectivity index (χ3n) is 5.83. The lowest BCUT2D eigenvalue weighted by molar-refractivity contribution is 1.02. The van der Waals surface area contributed by atoms with E-state index in [1.165, 1.54) is 54.4 Å². The van der Waals surface area contributed by atoms with E-state index in [1.54, 1.807) is 6.08 Å². The molecule has 0 amide bonds. The van der Waals surface area contributed by atoms with E-state index in [0.717, 1.165) is 0 Å². The van der Waals surface area contributed by atoms with Crippen molar-refractivity contribution in [1.82, 2.24) is 9.55 Å². The maximum absolute atomic E-state index is 3.57. The smallest absolute Gasteiger partial charge is 0.0496 e. The number of hydrogen-bond acceptors (Lipinski definition) is 0. The van der Waals surface area contributed by atoms with Gasteiger partial charge in [0.25, 0.3) is 0 Å². The van der Waals surface area contributed by atoms with Gasteiger partial charge in [-0.3, -0.25) is 0 Å². The number of nitrogens with one attached hydrogen (secondary N) is 1. The van der Waals surface area contributed by atoms with Gasteiger partial charge in [-0.2, -0.15) is 0 Å². The Kier molecular flexibility index (Phi) is 8.32. The number of para-hydroxylation sites is 1. The van der Waals surface area contributed by atoms with Crippen LogP contribution in [-0.2, 0) is 7.05 Å². The number of nitrogens with zero attached hydrogens (tertiary/aromatic N) is 1. The molecule has 0 fully saturated rings. The Morgan fingerprint density at radius 1 is 0.676 bits per heavy atom. The van der Waals surface area contributed by atoms with Crippen molar-refractivity contribution in [2.45, 2.75) is 34.6 Å². The molecule has 34 heavy (non-hydrogen) atoms. The number of fused-ring (bicyclic) bond motifs is 7. The fraction of sp³-hybridized carbons (Fsp3) is 0.188. The van der Waals surface area contributed by atoms with Crippen LogP contribution in [0.25, 0.3) is 54.4 Å². The molecule has 2 heterocycles. The van der Waals surface area contributed by atoms with Gasteiger partial charge in [0.05, 0.1) is 0 Å². The van der Waals surface area contributed by atoms with Crippen LogP contribution in [0.3, 0.4) is 0 Å². The minimum Gasteiger partial charge on any atom is -0.354 e. The van der Waals surface area contributed by atoms with Crippen molar-refractivity contribution >= 4 is 54.4 Å². The van der Waals surface area contributed by atoms with Gasteiger partial charge in [-0.05, 0) is 48.0 Å². The largest absolute Gasteiger partial charge is 0.354 e. The van der Waals surface area contributed by atoms with E-state index >= 15 is 0 Å². The average molecular weight is 449 g/mol. The average Bonchev–Trinajstić information content (AvgIpc) is 3.39. The molecule has 2 heteroatoms. The first-order valence-corrected chi connectivity index (χ1v) is 12.3. The van der Waals surface area contributed by atoms with Crippen molar-refractivity contribution < 1.29 is 0 Å². The summed E-state index contributed by atoms with van der Waals surface area (Å²) >= 11 is 0. The van der Waals surface area contributed by atoms with Crippen LogP contribution in [0, 0.1) is 0 Å². The summed E-state index contributed by atoms with van der Waals surface area (Å²) < 4.78 is 2.32. The third-order valence-corrected chi connectivity index (χ3v) is 5.83. The van der Waals surface area contributed by atoms with Gasteiger partial charge in [-0.15, -0.1) is 0 Å². The van der Waals surface area contributed by atoms with Crippen LogP contribution in [-0.4, -0.2) is 9.55 Å². The van der Waals surface area contributed by atoms with E-state index in [1.807, 2.05) is 46.8 Å². The summed E-state index contributed by atoms with van der Waals surface area (Å²) in [4.78, 5) is 3.57. The number of aryl methyl sites for hydroxylation is 1. The zero-order valence-corrected chi connectivity index (χ0v) is 21.3. The standard InChI is InChI=1S/C23H16N2.C5H8.2C2H6/c1-25-22-11-15-7-3-2-6-14(15)10-18(22)19-12-21-17(13-23(19)25)16-8-4-5-9-20(16)24-21;1-3-5-4-2;2*1-2/h2-13,24H,1H3;3-5H,1H2,2H3;2*1-2H3/b;5-4-;;. The predicted molar refractivity (Wildman–Crippen MR) is 155 cm³/mol. The molecule has 174 valence electrons. The minimum atomic E-state index is 1.20. The number of aromatic amines is 1. The van der Waals surface area contributed by atoms with Crippen LogP contribution in [0.2, 0.25) is 0 Å². The normalized spacial score (nSPS) is 10.6. The van der Waals surface area contributed by atoms with Gasteiger partial charge in [-0.1, -0.05) is 95.0 Å². The van der Waals surface area contributed by atoms with Crippen molar-refractivity contribution in [3.05, 3.63) is 97.6 Å². The van der Waals surface area contributed by atoms with Gasteiger partial charge >= 0.3 is 0 Å². The molecule has 4 aromatic carbocycles. The molecule has 0 aliphatic heterocycles. The van der Waals surface area contributed by atoms with Gasteiger partial charge in [0.1, 0.15) is 0 Å². The zero-order chi connectivity index (χ0) is 24.7. The van der Waals surface area contributed by atoms with E-state index in [4.69, 9.17) is 0 Å². The quantitative estimate of drug-likeness (QED) is 0.242. The van der Waals surface area contributed by atoms with Crippen molar-refractivity contribution in [2.75, 3.05) is 0 Å². The van der Waals surface area contributed by atoms with Crippen LogP contribution >= 0.6 is 0 Å². The number of benzene rings is 4. The number of H-pyrrole nitrogens is 1. The molecule has 0 bridgehead atoms. The predicted octanol–water partition coefficient (Wildman–Crippen LogP) is 9.92. The lowest BCUT2D eigenvalue weighted by atomic mass is 10.1. The molecule has 6 rings (SSSR count). The molecule has 0 aliphatic rings. The molecule has 0 spiro atoms. The van der Waals surface area contributed by atoms with Gasteiger partial charge in [0, 0.05) is 50.7 Å². The summed E-state index contributed by atoms with van der Waals surface area (Å²) in [5, 5.41) is 7.78. The molecule has 0 aliphatic carbocycles. The van der Waals surface area contributed by atoms with Crippen LogP contribution in [0.5, 0.6) is 0 Å². The Labute approximate surface area is 203 Å². The molecular weight excluding hydrogens is 412 g/mol. The number of aromatic nitrogens is 2. The second-order valence-electron chi connectivity index (χ2n) is 7.62. The van der Waals surface area contributed by atoms with Crippen LogP contribution < -0.4 is 0 Å². The third kappa shape index (κ3) is 4.49. The highest BCUT2D eigenvalue weighted by molar-refractivity contribution is 6.19. The summed E-state index contributed by atoms with van der Waals surface area (Å²) in [5.74, 6) is 0. The first kappa shape index (κ1) is 24.9. The summed E-state index contributed by atoms with van der Waals surface area (Å²) in [6.07, 6.45) is 5.58. The van der Waals surface area contributed by atoms with Crippen LogP contribution in [0.1, 0.15) is 34.6 Å². The van der Waals surface area contributed by atoms with Gasteiger partial charge in [0.15, 0.2) is 0 Å². The van der Waals surface area contributed by atoms with Gasteiger partial charge < -0.3 is 9.55 Å². The molecule has 2 aromatic heterocycles. The van der Waals surface area contributed by atoms with E-state index in [9.17, 15) is 0 Å². The Balaban J connectivity index is 0.000000318. The minimum absolute atomic E-state index is 1.20.